The number of rotatable bonds is 6. The van der Waals surface area contributed by atoms with Crippen LogP contribution in [0.15, 0.2) is 40.9 Å². The van der Waals surface area contributed by atoms with Crippen LogP contribution in [0.5, 0.6) is 11.5 Å². The summed E-state index contributed by atoms with van der Waals surface area (Å²) in [5.74, 6) is 1.22. The molecule has 3 amide bonds. The lowest BCUT2D eigenvalue weighted by Crippen LogP contribution is -2.42. The molecule has 0 aromatic heterocycles. The lowest BCUT2D eigenvalue weighted by atomic mass is 9.95. The summed E-state index contributed by atoms with van der Waals surface area (Å²) in [7, 11) is 0. The van der Waals surface area contributed by atoms with Crippen LogP contribution in [0.3, 0.4) is 0 Å². The van der Waals surface area contributed by atoms with Gasteiger partial charge in [0.2, 0.25) is 5.91 Å². The second-order valence-electron chi connectivity index (χ2n) is 7.46. The Bertz CT molecular complexity index is 933. The van der Waals surface area contributed by atoms with Crippen LogP contribution in [0.25, 0.3) is 0 Å². The summed E-state index contributed by atoms with van der Waals surface area (Å²) in [4.78, 5) is 24.6. The number of ether oxygens (including phenoxy) is 2. The van der Waals surface area contributed by atoms with E-state index in [1.54, 1.807) is 0 Å². The molecule has 1 aliphatic rings. The molecule has 7 nitrogen and oxygen atoms in total. The molecule has 0 saturated carbocycles. The SMILES string of the molecule is Cc1cc(Br)ccc1NC(=O)CNC(=O)N[C@H](c1ccc2c(c1)OCCO2)C(C)C. The molecule has 160 valence electrons. The van der Waals surface area contributed by atoms with Crippen molar-refractivity contribution in [3.8, 4) is 11.5 Å². The van der Waals surface area contributed by atoms with Crippen molar-refractivity contribution >= 4 is 33.6 Å². The Balaban J connectivity index is 1.57. The Morgan fingerprint density at radius 3 is 2.50 bits per heavy atom. The average Bonchev–Trinajstić information content (AvgIpc) is 2.72. The van der Waals surface area contributed by atoms with Gasteiger partial charge in [0.05, 0.1) is 12.6 Å². The first-order chi connectivity index (χ1) is 14.3. The molecule has 1 heterocycles. The number of nitrogens with one attached hydrogen (secondary N) is 3. The minimum Gasteiger partial charge on any atom is -0.486 e. The zero-order valence-corrected chi connectivity index (χ0v) is 18.8. The number of urea groups is 1. The molecular weight excluding hydrogens is 450 g/mol. The van der Waals surface area contributed by atoms with Gasteiger partial charge < -0.3 is 25.4 Å². The molecule has 8 heteroatoms. The highest BCUT2D eigenvalue weighted by Crippen LogP contribution is 2.34. The maximum Gasteiger partial charge on any atom is 0.315 e. The molecule has 0 bridgehead atoms. The van der Waals surface area contributed by atoms with Gasteiger partial charge in [0.15, 0.2) is 11.5 Å². The Morgan fingerprint density at radius 1 is 1.07 bits per heavy atom. The number of hydrogen-bond donors (Lipinski definition) is 3. The minimum absolute atomic E-state index is 0.132. The number of aryl methyl sites for hydroxylation is 1. The summed E-state index contributed by atoms with van der Waals surface area (Å²) >= 11 is 3.39. The maximum atomic E-state index is 12.4. The van der Waals surface area contributed by atoms with Crippen LogP contribution in [0.1, 0.15) is 31.0 Å². The van der Waals surface area contributed by atoms with Crippen molar-refractivity contribution in [1.29, 1.82) is 0 Å². The van der Waals surface area contributed by atoms with Crippen molar-refractivity contribution < 1.29 is 19.1 Å². The van der Waals surface area contributed by atoms with Crippen LogP contribution in [0, 0.1) is 12.8 Å². The van der Waals surface area contributed by atoms with Crippen LogP contribution in [-0.2, 0) is 4.79 Å². The van der Waals surface area contributed by atoms with Crippen LogP contribution in [-0.4, -0.2) is 31.7 Å². The molecule has 1 atom stereocenters. The van der Waals surface area contributed by atoms with E-state index < -0.39 is 6.03 Å². The number of hydrogen-bond acceptors (Lipinski definition) is 4. The normalized spacial score (nSPS) is 13.5. The molecule has 3 N–H and O–H groups in total. The van der Waals surface area contributed by atoms with Gasteiger partial charge in [0.1, 0.15) is 13.2 Å². The van der Waals surface area contributed by atoms with E-state index in [0.29, 0.717) is 30.4 Å². The largest absolute Gasteiger partial charge is 0.486 e. The molecule has 0 aliphatic carbocycles. The third-order valence-corrected chi connectivity index (χ3v) is 5.24. The van der Waals surface area contributed by atoms with Crippen LogP contribution < -0.4 is 25.4 Å². The molecule has 2 aromatic rings. The third kappa shape index (κ3) is 5.66. The van der Waals surface area contributed by atoms with E-state index in [0.717, 1.165) is 15.6 Å². The number of fused-ring (bicyclic) bond motifs is 1. The summed E-state index contributed by atoms with van der Waals surface area (Å²) < 4.78 is 12.1. The van der Waals surface area contributed by atoms with Crippen LogP contribution >= 0.6 is 15.9 Å². The molecule has 0 spiro atoms. The van der Waals surface area contributed by atoms with Crippen molar-refractivity contribution in [1.82, 2.24) is 10.6 Å². The van der Waals surface area contributed by atoms with Crippen molar-refractivity contribution in [3.63, 3.8) is 0 Å². The van der Waals surface area contributed by atoms with E-state index in [-0.39, 0.29) is 24.4 Å². The predicted octanol–water partition coefficient (Wildman–Crippen LogP) is 4.16. The van der Waals surface area contributed by atoms with Gasteiger partial charge in [-0.05, 0) is 54.3 Å². The second-order valence-corrected chi connectivity index (χ2v) is 8.37. The van der Waals surface area contributed by atoms with Gasteiger partial charge in [-0.3, -0.25) is 4.79 Å². The fraction of sp³-hybridized carbons (Fsp3) is 0.364. The Kier molecular flexibility index (Phi) is 7.20. The van der Waals surface area contributed by atoms with E-state index in [9.17, 15) is 9.59 Å². The summed E-state index contributed by atoms with van der Waals surface area (Å²) in [6.45, 7) is 6.84. The van der Waals surface area contributed by atoms with E-state index in [4.69, 9.17) is 9.47 Å². The highest BCUT2D eigenvalue weighted by atomic mass is 79.9. The zero-order chi connectivity index (χ0) is 21.7. The lowest BCUT2D eigenvalue weighted by molar-refractivity contribution is -0.115. The summed E-state index contributed by atoms with van der Waals surface area (Å²) in [6, 6.07) is 10.6. The van der Waals surface area contributed by atoms with Crippen molar-refractivity contribution in [3.05, 3.63) is 52.0 Å². The summed E-state index contributed by atoms with van der Waals surface area (Å²) in [5, 5.41) is 8.37. The molecule has 1 aliphatic heterocycles. The second kappa shape index (κ2) is 9.84. The van der Waals surface area contributed by atoms with Gasteiger partial charge in [0.25, 0.3) is 0 Å². The standard InChI is InChI=1S/C22H26BrN3O4/c1-13(2)21(15-4-7-18-19(11-15)30-9-8-29-18)26-22(28)24-12-20(27)25-17-6-5-16(23)10-14(17)3/h4-7,10-11,13,21H,8-9,12H2,1-3H3,(H,25,27)(H2,24,26,28)/t21-/m0/s1. The van der Waals surface area contributed by atoms with Crippen LogP contribution in [0.2, 0.25) is 0 Å². The molecule has 0 fully saturated rings. The van der Waals surface area contributed by atoms with Crippen molar-refractivity contribution in [2.45, 2.75) is 26.8 Å². The molecule has 0 radical (unpaired) electrons. The first kappa shape index (κ1) is 22.0. The number of benzene rings is 2. The van der Waals surface area contributed by atoms with E-state index in [1.165, 1.54) is 0 Å². The highest BCUT2D eigenvalue weighted by molar-refractivity contribution is 9.10. The first-order valence-electron chi connectivity index (χ1n) is 9.83. The third-order valence-electron chi connectivity index (χ3n) is 4.75. The average molecular weight is 476 g/mol. The van der Waals surface area contributed by atoms with Gasteiger partial charge in [-0.15, -0.1) is 0 Å². The molecule has 2 aromatic carbocycles. The van der Waals surface area contributed by atoms with Gasteiger partial charge in [-0.25, -0.2) is 4.79 Å². The van der Waals surface area contributed by atoms with Gasteiger partial charge >= 0.3 is 6.03 Å². The summed E-state index contributed by atoms with van der Waals surface area (Å²) in [5.41, 5.74) is 2.56. The monoisotopic (exact) mass is 475 g/mol. The van der Waals surface area contributed by atoms with Crippen molar-refractivity contribution in [2.75, 3.05) is 25.1 Å². The molecular formula is C22H26BrN3O4. The van der Waals surface area contributed by atoms with Gasteiger partial charge in [0, 0.05) is 10.2 Å². The lowest BCUT2D eigenvalue weighted by Gasteiger charge is -2.25. The quantitative estimate of drug-likeness (QED) is 0.584. The topological polar surface area (TPSA) is 88.7 Å². The maximum absolute atomic E-state index is 12.4. The van der Waals surface area contributed by atoms with Crippen LogP contribution in [0.4, 0.5) is 10.5 Å². The Morgan fingerprint density at radius 2 is 1.80 bits per heavy atom. The van der Waals surface area contributed by atoms with E-state index >= 15 is 0 Å². The zero-order valence-electron chi connectivity index (χ0n) is 17.3. The first-order valence-corrected chi connectivity index (χ1v) is 10.6. The number of halogens is 1. The molecule has 3 rings (SSSR count). The van der Waals surface area contributed by atoms with E-state index in [1.807, 2.05) is 57.2 Å². The minimum atomic E-state index is -0.411. The number of carbonyl (C=O) groups is 2. The Hall–Kier alpha value is -2.74. The predicted molar refractivity (Wildman–Crippen MR) is 119 cm³/mol. The van der Waals surface area contributed by atoms with Crippen molar-refractivity contribution in [2.24, 2.45) is 5.92 Å². The smallest absolute Gasteiger partial charge is 0.315 e. The fourth-order valence-electron chi connectivity index (χ4n) is 3.20. The molecule has 0 saturated heterocycles. The Labute approximate surface area is 184 Å². The number of carbonyl (C=O) groups excluding carboxylic acids is 2. The summed E-state index contributed by atoms with van der Waals surface area (Å²) in [6.07, 6.45) is 0. The number of amides is 3. The fourth-order valence-corrected chi connectivity index (χ4v) is 3.68. The van der Waals surface area contributed by atoms with Gasteiger partial charge in [-0.1, -0.05) is 35.8 Å². The highest BCUT2D eigenvalue weighted by Gasteiger charge is 2.21. The number of anilines is 1. The molecule has 30 heavy (non-hydrogen) atoms. The van der Waals surface area contributed by atoms with E-state index in [2.05, 4.69) is 31.9 Å². The van der Waals surface area contributed by atoms with Gasteiger partial charge in [-0.2, -0.15) is 0 Å². The molecule has 0 unspecified atom stereocenters.